The normalized spacial score (nSPS) is 12.6. The molecule has 0 heterocycles. The molecule has 0 aliphatic rings. The fourth-order valence-electron chi connectivity index (χ4n) is 1.61. The topological polar surface area (TPSA) is 17.1 Å². The van der Waals surface area contributed by atoms with Crippen molar-refractivity contribution in [3.63, 3.8) is 0 Å². The monoisotopic (exact) mass is 205 g/mol. The molecule has 1 aromatic carbocycles. The van der Waals surface area contributed by atoms with Gasteiger partial charge in [0.1, 0.15) is 5.82 Å². The lowest BCUT2D eigenvalue weighted by Crippen LogP contribution is -2.20. The molecule has 1 aromatic rings. The number of hydrogen-bond donors (Lipinski definition) is 0. The van der Waals surface area contributed by atoms with Crippen molar-refractivity contribution in [1.29, 1.82) is 0 Å². The summed E-state index contributed by atoms with van der Waals surface area (Å²) >= 11 is 0. The molecule has 0 aromatic heterocycles. The van der Waals surface area contributed by atoms with Crippen LogP contribution in [0.25, 0.3) is 0 Å². The van der Waals surface area contributed by atoms with Gasteiger partial charge in [-0.2, -0.15) is 0 Å². The molecule has 0 fully saturated rings. The Morgan fingerprint density at radius 1 is 1.27 bits per heavy atom. The Labute approximate surface area is 90.9 Å². The molecular formula is C12H15BFO. The van der Waals surface area contributed by atoms with E-state index in [4.69, 9.17) is 0 Å². The van der Waals surface area contributed by atoms with Crippen LogP contribution in [0.15, 0.2) is 24.3 Å². The molecule has 0 N–H and O–H groups in total. The highest BCUT2D eigenvalue weighted by atomic mass is 19.1. The molecule has 79 valence electrons. The van der Waals surface area contributed by atoms with Gasteiger partial charge in [0.05, 0.1) is 5.68 Å². The van der Waals surface area contributed by atoms with E-state index in [0.29, 0.717) is 5.92 Å². The average Bonchev–Trinajstić information content (AvgIpc) is 2.15. The second-order valence-electron chi connectivity index (χ2n) is 4.10. The molecular weight excluding hydrogens is 190 g/mol. The lowest BCUT2D eigenvalue weighted by molar-refractivity contribution is -0.110. The van der Waals surface area contributed by atoms with Crippen LogP contribution < -0.4 is 0 Å². The predicted molar refractivity (Wildman–Crippen MR) is 60.4 cm³/mol. The third kappa shape index (κ3) is 3.50. The molecule has 0 aliphatic carbocycles. The summed E-state index contributed by atoms with van der Waals surface area (Å²) in [5.74, 6) is 0.159. The molecule has 0 spiro atoms. The molecule has 0 saturated carbocycles. The first-order chi connectivity index (χ1) is 7.00. The number of carbonyl (C=O) groups excluding carboxylic acids is 1. The van der Waals surface area contributed by atoms with Crippen LogP contribution in [0.4, 0.5) is 4.39 Å². The molecule has 1 atom stereocenters. The van der Waals surface area contributed by atoms with Gasteiger partial charge in [0, 0.05) is 0 Å². The zero-order valence-electron chi connectivity index (χ0n) is 9.33. The summed E-state index contributed by atoms with van der Waals surface area (Å²) in [7, 11) is 1.69. The van der Waals surface area contributed by atoms with E-state index in [9.17, 15) is 9.18 Å². The van der Waals surface area contributed by atoms with Crippen molar-refractivity contribution in [2.75, 3.05) is 0 Å². The summed E-state index contributed by atoms with van der Waals surface area (Å²) in [5, 5.41) is 0. The van der Waals surface area contributed by atoms with Gasteiger partial charge in [0.2, 0.25) is 7.28 Å². The minimum atomic E-state index is -0.246. The van der Waals surface area contributed by atoms with Gasteiger partial charge in [-0.1, -0.05) is 31.5 Å². The zero-order valence-corrected chi connectivity index (χ0v) is 9.33. The van der Waals surface area contributed by atoms with Crippen molar-refractivity contribution >= 4 is 13.0 Å². The van der Waals surface area contributed by atoms with E-state index >= 15 is 0 Å². The maximum atomic E-state index is 12.7. The lowest BCUT2D eigenvalue weighted by atomic mass is 9.55. The third-order valence-electron chi connectivity index (χ3n) is 2.39. The van der Waals surface area contributed by atoms with E-state index in [2.05, 4.69) is 0 Å². The highest BCUT2D eigenvalue weighted by molar-refractivity contribution is 6.74. The van der Waals surface area contributed by atoms with Crippen LogP contribution in [0.5, 0.6) is 0 Å². The smallest absolute Gasteiger partial charge is 0.210 e. The number of carbonyl (C=O) groups is 1. The van der Waals surface area contributed by atoms with E-state index in [0.717, 1.165) is 5.56 Å². The van der Waals surface area contributed by atoms with E-state index in [1.807, 2.05) is 13.8 Å². The Hall–Kier alpha value is -1.12. The predicted octanol–water partition coefficient (Wildman–Crippen LogP) is 2.77. The summed E-state index contributed by atoms with van der Waals surface area (Å²) < 4.78 is 12.7. The van der Waals surface area contributed by atoms with E-state index in [-0.39, 0.29) is 17.3 Å². The fraction of sp³-hybridized carbons (Fsp3) is 0.417. The van der Waals surface area contributed by atoms with Gasteiger partial charge in [0.15, 0.2) is 0 Å². The molecule has 1 unspecified atom stereocenters. The maximum absolute atomic E-state index is 12.7. The second kappa shape index (κ2) is 5.10. The number of hydrogen-bond acceptors (Lipinski definition) is 1. The van der Waals surface area contributed by atoms with Gasteiger partial charge in [0.25, 0.3) is 0 Å². The van der Waals surface area contributed by atoms with Crippen LogP contribution in [0.1, 0.15) is 32.2 Å². The largest absolute Gasteiger partial charge is 0.312 e. The summed E-state index contributed by atoms with van der Waals surface area (Å²) in [4.78, 5) is 11.1. The highest BCUT2D eigenvalue weighted by Gasteiger charge is 2.19. The zero-order chi connectivity index (χ0) is 11.4. The first-order valence-electron chi connectivity index (χ1n) is 5.11. The Morgan fingerprint density at radius 3 is 2.20 bits per heavy atom. The molecule has 0 saturated heterocycles. The quantitative estimate of drug-likeness (QED) is 0.690. The van der Waals surface area contributed by atoms with Crippen molar-refractivity contribution in [2.45, 2.75) is 26.6 Å². The molecule has 1 radical (unpaired) electrons. The van der Waals surface area contributed by atoms with Crippen LogP contribution in [0, 0.1) is 11.7 Å². The van der Waals surface area contributed by atoms with Crippen LogP contribution in [0.2, 0.25) is 0 Å². The van der Waals surface area contributed by atoms with E-state index < -0.39 is 0 Å². The van der Waals surface area contributed by atoms with Gasteiger partial charge in [-0.3, -0.25) is 0 Å². The Morgan fingerprint density at radius 2 is 1.80 bits per heavy atom. The molecule has 1 rings (SSSR count). The first-order valence-corrected chi connectivity index (χ1v) is 5.11. The molecule has 0 bridgehead atoms. The van der Waals surface area contributed by atoms with Gasteiger partial charge < -0.3 is 4.79 Å². The number of rotatable bonds is 4. The van der Waals surface area contributed by atoms with Crippen LogP contribution in [-0.2, 0) is 4.79 Å². The maximum Gasteiger partial charge on any atom is 0.210 e. The highest BCUT2D eigenvalue weighted by Crippen LogP contribution is 2.23. The molecule has 15 heavy (non-hydrogen) atoms. The average molecular weight is 205 g/mol. The Bertz CT molecular complexity index is 332. The summed E-state index contributed by atoms with van der Waals surface area (Å²) in [5.41, 5.74) is 1.04. The summed E-state index contributed by atoms with van der Waals surface area (Å²) in [6.45, 7) is 5.64. The molecule has 1 nitrogen and oxygen atoms in total. The summed E-state index contributed by atoms with van der Waals surface area (Å²) in [6, 6.07) is 6.33. The van der Waals surface area contributed by atoms with Crippen molar-refractivity contribution in [1.82, 2.24) is 0 Å². The standard InChI is InChI=1S/C12H15BFO/c1-8(2)12(13-9(3)15)10-4-6-11(14)7-5-10/h4-8,12H,1-3H3. The number of halogens is 1. The van der Waals surface area contributed by atoms with Crippen LogP contribution in [0.3, 0.4) is 0 Å². The molecule has 3 heteroatoms. The van der Waals surface area contributed by atoms with Crippen molar-refractivity contribution in [3.8, 4) is 0 Å². The fourth-order valence-corrected chi connectivity index (χ4v) is 1.61. The molecule has 0 amide bonds. The van der Waals surface area contributed by atoms with Gasteiger partial charge in [-0.25, -0.2) is 4.39 Å². The van der Waals surface area contributed by atoms with Crippen LogP contribution >= 0.6 is 0 Å². The van der Waals surface area contributed by atoms with E-state index in [1.165, 1.54) is 12.1 Å². The minimum Gasteiger partial charge on any atom is -0.312 e. The van der Waals surface area contributed by atoms with Gasteiger partial charge in [-0.05, 0) is 30.8 Å². The van der Waals surface area contributed by atoms with Crippen LogP contribution in [-0.4, -0.2) is 13.0 Å². The van der Waals surface area contributed by atoms with Gasteiger partial charge >= 0.3 is 0 Å². The third-order valence-corrected chi connectivity index (χ3v) is 2.39. The van der Waals surface area contributed by atoms with Crippen molar-refractivity contribution < 1.29 is 9.18 Å². The second-order valence-corrected chi connectivity index (χ2v) is 4.10. The van der Waals surface area contributed by atoms with Gasteiger partial charge in [-0.15, -0.1) is 0 Å². The lowest BCUT2D eigenvalue weighted by Gasteiger charge is -2.19. The van der Waals surface area contributed by atoms with Crippen molar-refractivity contribution in [3.05, 3.63) is 35.6 Å². The minimum absolute atomic E-state index is 0.0537. The number of benzene rings is 1. The summed E-state index contributed by atoms with van der Waals surface area (Å²) in [6.07, 6.45) is 0. The Balaban J connectivity index is 2.88. The SMILES string of the molecule is CC(=O)[B]C(c1ccc(F)cc1)C(C)C. The first kappa shape index (κ1) is 12.0. The Kier molecular flexibility index (Phi) is 4.07. The van der Waals surface area contributed by atoms with Crippen molar-refractivity contribution in [2.24, 2.45) is 5.92 Å². The van der Waals surface area contributed by atoms with E-state index in [1.54, 1.807) is 26.3 Å². The molecule has 0 aliphatic heterocycles.